The summed E-state index contributed by atoms with van der Waals surface area (Å²) < 4.78 is 9.89. The molecule has 0 aromatic rings. The molecule has 1 aliphatic rings. The van der Waals surface area contributed by atoms with E-state index in [1.165, 1.54) is 0 Å². The molecular weight excluding hydrogens is 92.1 g/mol. The Labute approximate surface area is 43.4 Å². The molecule has 0 spiro atoms. The summed E-state index contributed by atoms with van der Waals surface area (Å²) in [5.41, 5.74) is 0. The van der Waals surface area contributed by atoms with E-state index in [0.29, 0.717) is 13.4 Å². The molecule has 2 heteroatoms. The molecule has 1 fully saturated rings. The Hall–Kier alpha value is -0.0800. The van der Waals surface area contributed by atoms with Crippen molar-refractivity contribution in [2.45, 2.75) is 13.3 Å². The number of hydrogen-bond acceptors (Lipinski definition) is 2. The fraction of sp³-hybridized carbons (Fsp3) is 0.800. The highest BCUT2D eigenvalue weighted by molar-refractivity contribution is 4.77. The van der Waals surface area contributed by atoms with E-state index in [1.807, 2.05) is 0 Å². The van der Waals surface area contributed by atoms with Gasteiger partial charge in [0.05, 0.1) is 6.61 Å². The smallest absolute Gasteiger partial charge is 0.147 e. The molecule has 41 valence electrons. The van der Waals surface area contributed by atoms with Gasteiger partial charge in [-0.1, -0.05) is 6.92 Å². The van der Waals surface area contributed by atoms with Crippen molar-refractivity contribution in [2.24, 2.45) is 0 Å². The van der Waals surface area contributed by atoms with Crippen molar-refractivity contribution < 1.29 is 9.47 Å². The highest BCUT2D eigenvalue weighted by Crippen LogP contribution is 2.13. The van der Waals surface area contributed by atoms with Gasteiger partial charge in [0.2, 0.25) is 0 Å². The Kier molecular flexibility index (Phi) is 1.65. The molecule has 1 radical (unpaired) electrons. The van der Waals surface area contributed by atoms with Gasteiger partial charge < -0.3 is 9.47 Å². The Bertz CT molecular complexity index is 48.0. The molecule has 2 nitrogen and oxygen atoms in total. The van der Waals surface area contributed by atoms with Gasteiger partial charge in [0, 0.05) is 0 Å². The molecule has 0 saturated carbocycles. The Balaban J connectivity index is 2.14. The van der Waals surface area contributed by atoms with Crippen molar-refractivity contribution in [3.63, 3.8) is 0 Å². The third-order valence-electron chi connectivity index (χ3n) is 1.00. The van der Waals surface area contributed by atoms with Gasteiger partial charge in [-0.2, -0.15) is 0 Å². The van der Waals surface area contributed by atoms with Crippen LogP contribution in [0.5, 0.6) is 0 Å². The van der Waals surface area contributed by atoms with E-state index in [0.717, 1.165) is 12.5 Å². The van der Waals surface area contributed by atoms with Gasteiger partial charge in [-0.25, -0.2) is 0 Å². The summed E-state index contributed by atoms with van der Waals surface area (Å²) in [7, 11) is 0. The van der Waals surface area contributed by atoms with Crippen LogP contribution < -0.4 is 0 Å². The minimum absolute atomic E-state index is 0.461. The monoisotopic (exact) mass is 101 g/mol. The van der Waals surface area contributed by atoms with E-state index >= 15 is 0 Å². The third kappa shape index (κ3) is 1.14. The van der Waals surface area contributed by atoms with E-state index in [-0.39, 0.29) is 0 Å². The third-order valence-corrected chi connectivity index (χ3v) is 1.00. The summed E-state index contributed by atoms with van der Waals surface area (Å²) in [6.07, 6.45) is 2.06. The lowest BCUT2D eigenvalue weighted by atomic mass is 10.3. The van der Waals surface area contributed by atoms with E-state index in [4.69, 9.17) is 9.47 Å². The highest BCUT2D eigenvalue weighted by atomic mass is 16.7. The maximum atomic E-state index is 5.00. The van der Waals surface area contributed by atoms with Crippen LogP contribution in [0, 0.1) is 6.10 Å². The molecule has 0 N–H and O–H groups in total. The fourth-order valence-corrected chi connectivity index (χ4v) is 0.526. The van der Waals surface area contributed by atoms with E-state index in [2.05, 4.69) is 6.92 Å². The molecule has 0 aromatic carbocycles. The van der Waals surface area contributed by atoms with Gasteiger partial charge in [0.15, 0.2) is 0 Å². The van der Waals surface area contributed by atoms with Crippen LogP contribution in [0.4, 0.5) is 0 Å². The Morgan fingerprint density at radius 2 is 2.57 bits per heavy atom. The molecule has 0 atom stereocenters. The molecule has 0 aliphatic carbocycles. The van der Waals surface area contributed by atoms with Gasteiger partial charge in [-0.15, -0.1) is 0 Å². The van der Waals surface area contributed by atoms with Crippen molar-refractivity contribution in [1.29, 1.82) is 0 Å². The maximum Gasteiger partial charge on any atom is 0.147 e. The molecule has 1 heterocycles. The van der Waals surface area contributed by atoms with Crippen LogP contribution >= 0.6 is 0 Å². The lowest BCUT2D eigenvalue weighted by Gasteiger charge is -1.96. The van der Waals surface area contributed by atoms with Gasteiger partial charge in [-0.3, -0.25) is 0 Å². The summed E-state index contributed by atoms with van der Waals surface area (Å²) in [4.78, 5) is 0. The number of rotatable bonds is 1. The maximum absolute atomic E-state index is 5.00. The molecule has 0 amide bonds. The van der Waals surface area contributed by atoms with Crippen LogP contribution in [0.25, 0.3) is 0 Å². The summed E-state index contributed by atoms with van der Waals surface area (Å²) in [6.45, 7) is 3.23. The van der Waals surface area contributed by atoms with Gasteiger partial charge in [0.25, 0.3) is 0 Å². The molecule has 0 bridgehead atoms. The summed E-state index contributed by atoms with van der Waals surface area (Å²) in [5.74, 6) is 0. The van der Waals surface area contributed by atoms with E-state index in [9.17, 15) is 0 Å². The fourth-order valence-electron chi connectivity index (χ4n) is 0.526. The van der Waals surface area contributed by atoms with E-state index in [1.54, 1.807) is 0 Å². The SMILES string of the molecule is CC[C]1COCO1. The summed E-state index contributed by atoms with van der Waals surface area (Å²) >= 11 is 0. The summed E-state index contributed by atoms with van der Waals surface area (Å²) in [6, 6.07) is 0. The second kappa shape index (κ2) is 2.28. The summed E-state index contributed by atoms with van der Waals surface area (Å²) in [5, 5.41) is 0. The first kappa shape index (κ1) is 5.06. The highest BCUT2D eigenvalue weighted by Gasteiger charge is 2.13. The quantitative estimate of drug-likeness (QED) is 0.489. The van der Waals surface area contributed by atoms with Gasteiger partial charge in [-0.05, 0) is 6.42 Å². The van der Waals surface area contributed by atoms with Crippen LogP contribution in [-0.2, 0) is 9.47 Å². The standard InChI is InChI=1S/C5H9O2/c1-2-5-3-6-4-7-5/h2-4H2,1H3. The average Bonchev–Trinajstić information content (AvgIpc) is 2.14. The zero-order valence-corrected chi connectivity index (χ0v) is 4.44. The predicted molar refractivity (Wildman–Crippen MR) is 25.4 cm³/mol. The van der Waals surface area contributed by atoms with Crippen LogP contribution in [0.1, 0.15) is 13.3 Å². The van der Waals surface area contributed by atoms with Crippen molar-refractivity contribution in [1.82, 2.24) is 0 Å². The molecular formula is C5H9O2. The first-order valence-electron chi connectivity index (χ1n) is 2.48. The Morgan fingerprint density at radius 1 is 1.71 bits per heavy atom. The van der Waals surface area contributed by atoms with Crippen molar-refractivity contribution in [3.05, 3.63) is 6.10 Å². The van der Waals surface area contributed by atoms with Crippen molar-refractivity contribution in [2.75, 3.05) is 13.4 Å². The number of hydrogen-bond donors (Lipinski definition) is 0. The van der Waals surface area contributed by atoms with Gasteiger partial charge >= 0.3 is 0 Å². The minimum Gasteiger partial charge on any atom is -0.352 e. The largest absolute Gasteiger partial charge is 0.352 e. The van der Waals surface area contributed by atoms with Crippen molar-refractivity contribution >= 4 is 0 Å². The lowest BCUT2D eigenvalue weighted by Crippen LogP contribution is -1.93. The second-order valence-electron chi connectivity index (χ2n) is 1.50. The van der Waals surface area contributed by atoms with Crippen LogP contribution in [0.15, 0.2) is 0 Å². The molecule has 7 heavy (non-hydrogen) atoms. The van der Waals surface area contributed by atoms with Crippen LogP contribution in [0.2, 0.25) is 0 Å². The second-order valence-corrected chi connectivity index (χ2v) is 1.50. The minimum atomic E-state index is 0.461. The van der Waals surface area contributed by atoms with Crippen molar-refractivity contribution in [3.8, 4) is 0 Å². The zero-order chi connectivity index (χ0) is 5.11. The Morgan fingerprint density at radius 3 is 2.86 bits per heavy atom. The topological polar surface area (TPSA) is 18.5 Å². The first-order valence-corrected chi connectivity index (χ1v) is 2.48. The molecule has 1 saturated heterocycles. The molecule has 1 aliphatic heterocycles. The molecule has 1 rings (SSSR count). The molecule has 0 unspecified atom stereocenters. The first-order chi connectivity index (χ1) is 3.43. The molecule has 0 aromatic heterocycles. The van der Waals surface area contributed by atoms with Crippen LogP contribution in [-0.4, -0.2) is 13.4 Å². The van der Waals surface area contributed by atoms with Gasteiger partial charge in [0.1, 0.15) is 12.9 Å². The number of ether oxygens (including phenoxy) is 2. The van der Waals surface area contributed by atoms with Crippen LogP contribution in [0.3, 0.4) is 0 Å². The predicted octanol–water partition coefficient (Wildman–Crippen LogP) is 0.933. The normalized spacial score (nSPS) is 23.6. The average molecular weight is 101 g/mol. The lowest BCUT2D eigenvalue weighted by molar-refractivity contribution is 0.0691. The van der Waals surface area contributed by atoms with E-state index < -0.39 is 0 Å². The zero-order valence-electron chi connectivity index (χ0n) is 4.44.